The van der Waals surface area contributed by atoms with Crippen LogP contribution in [0.15, 0.2) is 84.9 Å². The maximum absolute atomic E-state index is 12.9. The molecule has 0 saturated carbocycles. The molecule has 3 aromatic rings. The molecular formula is C21H16O2. The van der Waals surface area contributed by atoms with E-state index >= 15 is 0 Å². The normalized spacial score (nSPS) is 11.2. The number of rotatable bonds is 4. The molecule has 0 aliphatic heterocycles. The molecule has 0 aromatic heterocycles. The third-order valence-corrected chi connectivity index (χ3v) is 3.57. The minimum atomic E-state index is -0.0694. The molecule has 0 atom stereocenters. The topological polar surface area (TPSA) is 37.3 Å². The minimum absolute atomic E-state index is 0.0694. The van der Waals surface area contributed by atoms with Gasteiger partial charge in [-0.15, -0.1) is 0 Å². The van der Waals surface area contributed by atoms with Crippen LogP contribution >= 0.6 is 0 Å². The van der Waals surface area contributed by atoms with Crippen LogP contribution in [-0.4, -0.2) is 10.9 Å². The van der Waals surface area contributed by atoms with Crippen LogP contribution in [-0.2, 0) is 0 Å². The van der Waals surface area contributed by atoms with Crippen LogP contribution in [0.4, 0.5) is 0 Å². The number of hydrogen-bond donors (Lipinski definition) is 1. The van der Waals surface area contributed by atoms with Gasteiger partial charge in [0.2, 0.25) is 0 Å². The first-order valence-corrected chi connectivity index (χ1v) is 7.40. The molecule has 23 heavy (non-hydrogen) atoms. The fourth-order valence-electron chi connectivity index (χ4n) is 2.38. The maximum Gasteiger partial charge on any atom is 0.193 e. The SMILES string of the molecule is O=C(C(=Cc1ccccc1)c1ccccc1)c1ccc(O)cc1. The Labute approximate surface area is 135 Å². The minimum Gasteiger partial charge on any atom is -0.508 e. The van der Waals surface area contributed by atoms with Crippen LogP contribution in [0.3, 0.4) is 0 Å². The maximum atomic E-state index is 12.9. The lowest BCUT2D eigenvalue weighted by Crippen LogP contribution is -2.02. The van der Waals surface area contributed by atoms with Crippen molar-refractivity contribution in [3.8, 4) is 5.75 Å². The van der Waals surface area contributed by atoms with Crippen molar-refractivity contribution in [1.29, 1.82) is 0 Å². The van der Waals surface area contributed by atoms with Crippen molar-refractivity contribution in [2.75, 3.05) is 0 Å². The predicted octanol–water partition coefficient (Wildman–Crippen LogP) is 4.82. The number of carbonyl (C=O) groups is 1. The van der Waals surface area contributed by atoms with E-state index in [-0.39, 0.29) is 11.5 Å². The van der Waals surface area contributed by atoms with E-state index in [0.29, 0.717) is 11.1 Å². The summed E-state index contributed by atoms with van der Waals surface area (Å²) in [7, 11) is 0. The largest absolute Gasteiger partial charge is 0.508 e. The molecule has 0 aliphatic carbocycles. The third kappa shape index (κ3) is 3.55. The second-order valence-electron chi connectivity index (χ2n) is 5.21. The average molecular weight is 300 g/mol. The number of ketones is 1. The van der Waals surface area contributed by atoms with Crippen molar-refractivity contribution in [3.63, 3.8) is 0 Å². The highest BCUT2D eigenvalue weighted by Gasteiger charge is 2.14. The lowest BCUT2D eigenvalue weighted by Gasteiger charge is -2.08. The first kappa shape index (κ1) is 14.8. The highest BCUT2D eigenvalue weighted by atomic mass is 16.3. The highest BCUT2D eigenvalue weighted by molar-refractivity contribution is 6.32. The summed E-state index contributed by atoms with van der Waals surface area (Å²) in [6, 6.07) is 25.7. The summed E-state index contributed by atoms with van der Waals surface area (Å²) in [6.45, 7) is 0. The summed E-state index contributed by atoms with van der Waals surface area (Å²) in [4.78, 5) is 12.9. The molecule has 3 aromatic carbocycles. The molecule has 2 nitrogen and oxygen atoms in total. The van der Waals surface area contributed by atoms with E-state index in [1.54, 1.807) is 12.1 Å². The molecule has 0 spiro atoms. The zero-order valence-corrected chi connectivity index (χ0v) is 12.5. The standard InChI is InChI=1S/C21H16O2/c22-19-13-11-18(12-14-19)21(23)20(17-9-5-2-6-10-17)15-16-7-3-1-4-8-16/h1-15,22H. The monoisotopic (exact) mass is 300 g/mol. The van der Waals surface area contributed by atoms with Crippen LogP contribution in [0.5, 0.6) is 5.75 Å². The Kier molecular flexibility index (Phi) is 4.34. The van der Waals surface area contributed by atoms with Gasteiger partial charge in [0.1, 0.15) is 5.75 Å². The van der Waals surface area contributed by atoms with E-state index in [1.165, 1.54) is 12.1 Å². The lowest BCUT2D eigenvalue weighted by molar-refractivity contribution is 0.105. The van der Waals surface area contributed by atoms with E-state index in [0.717, 1.165) is 11.1 Å². The van der Waals surface area contributed by atoms with E-state index in [2.05, 4.69) is 0 Å². The summed E-state index contributed by atoms with van der Waals surface area (Å²) in [5.41, 5.74) is 3.02. The number of hydrogen-bond acceptors (Lipinski definition) is 2. The van der Waals surface area contributed by atoms with Gasteiger partial charge in [0.25, 0.3) is 0 Å². The van der Waals surface area contributed by atoms with E-state index in [9.17, 15) is 9.90 Å². The van der Waals surface area contributed by atoms with Gasteiger partial charge in [0.15, 0.2) is 5.78 Å². The number of Topliss-reactive ketones (excluding diaryl/α,β-unsaturated/α-hetero) is 1. The van der Waals surface area contributed by atoms with Gasteiger partial charge in [-0.1, -0.05) is 60.7 Å². The first-order valence-electron chi connectivity index (χ1n) is 7.40. The van der Waals surface area contributed by atoms with Gasteiger partial charge >= 0.3 is 0 Å². The molecule has 0 bridgehead atoms. The van der Waals surface area contributed by atoms with Crippen LogP contribution in [0.1, 0.15) is 21.5 Å². The summed E-state index contributed by atoms with van der Waals surface area (Å²) >= 11 is 0. The number of phenolic OH excluding ortho intramolecular Hbond substituents is 1. The van der Waals surface area contributed by atoms with Gasteiger partial charge in [-0.2, -0.15) is 0 Å². The number of aromatic hydroxyl groups is 1. The Balaban J connectivity index is 2.07. The predicted molar refractivity (Wildman–Crippen MR) is 93.2 cm³/mol. The Bertz CT molecular complexity index is 817. The summed E-state index contributed by atoms with van der Waals surface area (Å²) in [5, 5.41) is 9.40. The van der Waals surface area contributed by atoms with Crippen molar-refractivity contribution < 1.29 is 9.90 Å². The Morgan fingerprint density at radius 2 is 1.26 bits per heavy atom. The molecule has 0 aliphatic rings. The van der Waals surface area contributed by atoms with Gasteiger partial charge in [-0.25, -0.2) is 0 Å². The summed E-state index contributed by atoms with van der Waals surface area (Å²) < 4.78 is 0. The number of benzene rings is 3. The Hall–Kier alpha value is -3.13. The molecule has 0 amide bonds. The molecule has 0 fully saturated rings. The number of allylic oxidation sites excluding steroid dienone is 1. The van der Waals surface area contributed by atoms with Gasteiger partial charge < -0.3 is 5.11 Å². The fourth-order valence-corrected chi connectivity index (χ4v) is 2.38. The zero-order chi connectivity index (χ0) is 16.1. The number of phenols is 1. The molecular weight excluding hydrogens is 284 g/mol. The van der Waals surface area contributed by atoms with Crippen molar-refractivity contribution >= 4 is 17.4 Å². The van der Waals surface area contributed by atoms with Crippen molar-refractivity contribution in [2.45, 2.75) is 0 Å². The Morgan fingerprint density at radius 3 is 1.87 bits per heavy atom. The lowest BCUT2D eigenvalue weighted by atomic mass is 9.95. The van der Waals surface area contributed by atoms with Crippen LogP contribution in [0.25, 0.3) is 11.6 Å². The van der Waals surface area contributed by atoms with E-state index in [4.69, 9.17) is 0 Å². The van der Waals surface area contributed by atoms with Crippen molar-refractivity contribution in [1.82, 2.24) is 0 Å². The molecule has 3 rings (SSSR count). The van der Waals surface area contributed by atoms with Gasteiger partial charge in [0, 0.05) is 11.1 Å². The molecule has 2 heteroatoms. The van der Waals surface area contributed by atoms with Gasteiger partial charge in [-0.3, -0.25) is 4.79 Å². The highest BCUT2D eigenvalue weighted by Crippen LogP contribution is 2.23. The number of carbonyl (C=O) groups excluding carboxylic acids is 1. The second-order valence-corrected chi connectivity index (χ2v) is 5.21. The summed E-state index contributed by atoms with van der Waals surface area (Å²) in [6.07, 6.45) is 1.89. The van der Waals surface area contributed by atoms with Crippen molar-refractivity contribution in [3.05, 3.63) is 102 Å². The molecule has 0 radical (unpaired) electrons. The molecule has 112 valence electrons. The smallest absolute Gasteiger partial charge is 0.193 e. The molecule has 0 saturated heterocycles. The van der Waals surface area contributed by atoms with Crippen LogP contribution in [0, 0.1) is 0 Å². The van der Waals surface area contributed by atoms with E-state index in [1.807, 2.05) is 66.7 Å². The molecule has 0 unspecified atom stereocenters. The quantitative estimate of drug-likeness (QED) is 0.426. The van der Waals surface area contributed by atoms with E-state index < -0.39 is 0 Å². The van der Waals surface area contributed by atoms with Crippen LogP contribution < -0.4 is 0 Å². The Morgan fingerprint density at radius 1 is 0.696 bits per heavy atom. The molecule has 1 N–H and O–H groups in total. The van der Waals surface area contributed by atoms with Gasteiger partial charge in [-0.05, 0) is 41.5 Å². The average Bonchev–Trinajstić information content (AvgIpc) is 2.61. The molecule has 0 heterocycles. The third-order valence-electron chi connectivity index (χ3n) is 3.57. The summed E-state index contributed by atoms with van der Waals surface area (Å²) in [5.74, 6) is 0.0786. The van der Waals surface area contributed by atoms with Gasteiger partial charge in [0.05, 0.1) is 0 Å². The van der Waals surface area contributed by atoms with Crippen LogP contribution in [0.2, 0.25) is 0 Å². The zero-order valence-electron chi connectivity index (χ0n) is 12.5. The van der Waals surface area contributed by atoms with Crippen molar-refractivity contribution in [2.24, 2.45) is 0 Å². The fraction of sp³-hybridized carbons (Fsp3) is 0. The first-order chi connectivity index (χ1) is 11.2. The second kappa shape index (κ2) is 6.75.